The Labute approximate surface area is 142 Å². The highest BCUT2D eigenvalue weighted by Crippen LogP contribution is 2.36. The van der Waals surface area contributed by atoms with E-state index in [1.165, 1.54) is 44.1 Å². The van der Waals surface area contributed by atoms with E-state index in [1.807, 2.05) is 0 Å². The van der Waals surface area contributed by atoms with E-state index in [0.717, 1.165) is 0 Å². The smallest absolute Gasteiger partial charge is 0.0659 e. The van der Waals surface area contributed by atoms with Gasteiger partial charge in [0.1, 0.15) is 0 Å². The second-order valence-corrected chi connectivity index (χ2v) is 6.32. The van der Waals surface area contributed by atoms with Crippen molar-refractivity contribution < 1.29 is 0 Å². The van der Waals surface area contributed by atoms with Crippen molar-refractivity contribution >= 4 is 34.4 Å². The molecule has 3 aromatic carbocycles. The van der Waals surface area contributed by atoms with Gasteiger partial charge in [-0.25, -0.2) is 0 Å². The van der Waals surface area contributed by atoms with Gasteiger partial charge in [-0.05, 0) is 42.2 Å². The number of rotatable bonds is 2. The summed E-state index contributed by atoms with van der Waals surface area (Å²) in [6, 6.07) is 21.7. The van der Waals surface area contributed by atoms with Crippen molar-refractivity contribution in [2.24, 2.45) is 0 Å². The molecule has 1 heterocycles. The van der Waals surface area contributed by atoms with Crippen LogP contribution in [0.3, 0.4) is 0 Å². The zero-order valence-electron chi connectivity index (χ0n) is 13.4. The SMILES string of the molecule is Cc1ccccc1-c1ccc2c3ccccc3n(CS)c2c1C. The van der Waals surface area contributed by atoms with Crippen LogP contribution in [0.1, 0.15) is 11.1 Å². The first kappa shape index (κ1) is 14.4. The van der Waals surface area contributed by atoms with Gasteiger partial charge in [0.25, 0.3) is 0 Å². The molecule has 1 nitrogen and oxygen atoms in total. The topological polar surface area (TPSA) is 4.93 Å². The Morgan fingerprint density at radius 1 is 0.783 bits per heavy atom. The van der Waals surface area contributed by atoms with Crippen molar-refractivity contribution in [3.63, 3.8) is 0 Å². The number of thiol groups is 1. The van der Waals surface area contributed by atoms with Crippen LogP contribution in [0.5, 0.6) is 0 Å². The van der Waals surface area contributed by atoms with Gasteiger partial charge in [-0.1, -0.05) is 54.6 Å². The standard InChI is InChI=1S/C21H19NS/c1-14-7-3-4-8-16(14)17-11-12-19-18-9-5-6-10-20(18)22(13-23)21(19)15(17)2/h3-12,23H,13H2,1-2H3. The van der Waals surface area contributed by atoms with Crippen LogP contribution in [0.2, 0.25) is 0 Å². The highest BCUT2D eigenvalue weighted by Gasteiger charge is 2.15. The van der Waals surface area contributed by atoms with Crippen molar-refractivity contribution in [1.82, 2.24) is 4.57 Å². The first-order valence-corrected chi connectivity index (χ1v) is 8.53. The third-order valence-corrected chi connectivity index (χ3v) is 5.05. The molecule has 0 aliphatic carbocycles. The number of aromatic nitrogens is 1. The van der Waals surface area contributed by atoms with Crippen LogP contribution in [0.15, 0.2) is 60.7 Å². The third kappa shape index (κ3) is 2.09. The van der Waals surface area contributed by atoms with Gasteiger partial charge in [-0.15, -0.1) is 0 Å². The van der Waals surface area contributed by atoms with E-state index in [2.05, 4.69) is 91.7 Å². The number of fused-ring (bicyclic) bond motifs is 3. The van der Waals surface area contributed by atoms with Gasteiger partial charge < -0.3 is 4.57 Å². The summed E-state index contributed by atoms with van der Waals surface area (Å²) in [6.45, 7) is 4.40. The Bertz CT molecular complexity index is 1030. The van der Waals surface area contributed by atoms with Gasteiger partial charge in [0, 0.05) is 16.3 Å². The quantitative estimate of drug-likeness (QED) is 0.435. The molecular weight excluding hydrogens is 298 g/mol. The fourth-order valence-electron chi connectivity index (χ4n) is 3.64. The zero-order chi connectivity index (χ0) is 16.0. The third-order valence-electron chi connectivity index (χ3n) is 4.76. The number of nitrogens with zero attached hydrogens (tertiary/aromatic N) is 1. The monoisotopic (exact) mass is 317 g/mol. The molecule has 0 amide bonds. The molecule has 4 aromatic rings. The Kier molecular flexibility index (Phi) is 3.42. The van der Waals surface area contributed by atoms with Gasteiger partial charge in [0.15, 0.2) is 0 Å². The molecule has 23 heavy (non-hydrogen) atoms. The summed E-state index contributed by atoms with van der Waals surface area (Å²) in [5.41, 5.74) is 7.79. The predicted octanol–water partition coefficient (Wildman–Crippen LogP) is 5.97. The Morgan fingerprint density at radius 3 is 2.30 bits per heavy atom. The number of aryl methyl sites for hydroxylation is 2. The molecular formula is C21H19NS. The van der Waals surface area contributed by atoms with E-state index in [4.69, 9.17) is 0 Å². The lowest BCUT2D eigenvalue weighted by molar-refractivity contribution is 0.986. The first-order valence-electron chi connectivity index (χ1n) is 7.90. The molecule has 114 valence electrons. The van der Waals surface area contributed by atoms with Crippen LogP contribution >= 0.6 is 12.6 Å². The molecule has 0 aliphatic rings. The lowest BCUT2D eigenvalue weighted by atomic mass is 9.95. The normalized spacial score (nSPS) is 11.4. The van der Waals surface area contributed by atoms with E-state index in [9.17, 15) is 0 Å². The Hall–Kier alpha value is -2.19. The molecule has 0 saturated carbocycles. The van der Waals surface area contributed by atoms with Gasteiger partial charge in [-0.2, -0.15) is 12.6 Å². The molecule has 0 fully saturated rings. The highest BCUT2D eigenvalue weighted by molar-refractivity contribution is 7.79. The lowest BCUT2D eigenvalue weighted by Crippen LogP contribution is -1.95. The second-order valence-electron chi connectivity index (χ2n) is 6.04. The summed E-state index contributed by atoms with van der Waals surface area (Å²) in [6.07, 6.45) is 0. The van der Waals surface area contributed by atoms with E-state index in [1.54, 1.807) is 0 Å². The van der Waals surface area contributed by atoms with Crippen LogP contribution in [0, 0.1) is 13.8 Å². The predicted molar refractivity (Wildman–Crippen MR) is 103 cm³/mol. The van der Waals surface area contributed by atoms with Gasteiger partial charge >= 0.3 is 0 Å². The second kappa shape index (κ2) is 5.47. The summed E-state index contributed by atoms with van der Waals surface area (Å²) in [5.74, 6) is 0.683. The number of hydrogen-bond donors (Lipinski definition) is 1. The van der Waals surface area contributed by atoms with Gasteiger partial charge in [0.2, 0.25) is 0 Å². The molecule has 0 unspecified atom stereocenters. The van der Waals surface area contributed by atoms with Crippen LogP contribution in [0.4, 0.5) is 0 Å². The van der Waals surface area contributed by atoms with E-state index in [-0.39, 0.29) is 0 Å². The average molecular weight is 317 g/mol. The molecule has 0 atom stereocenters. The van der Waals surface area contributed by atoms with Crippen molar-refractivity contribution in [2.45, 2.75) is 19.7 Å². The summed E-state index contributed by atoms with van der Waals surface area (Å²) < 4.78 is 2.31. The molecule has 0 bridgehead atoms. The van der Waals surface area contributed by atoms with E-state index in [0.29, 0.717) is 5.88 Å². The van der Waals surface area contributed by atoms with Crippen LogP contribution in [-0.2, 0) is 5.88 Å². The maximum Gasteiger partial charge on any atom is 0.0659 e. The van der Waals surface area contributed by atoms with E-state index >= 15 is 0 Å². The van der Waals surface area contributed by atoms with Gasteiger partial charge in [0.05, 0.1) is 11.4 Å². The zero-order valence-corrected chi connectivity index (χ0v) is 14.3. The molecule has 2 heteroatoms. The largest absolute Gasteiger partial charge is 0.331 e. The molecule has 4 rings (SSSR count). The van der Waals surface area contributed by atoms with Crippen molar-refractivity contribution in [3.05, 3.63) is 71.8 Å². The number of hydrogen-bond acceptors (Lipinski definition) is 1. The van der Waals surface area contributed by atoms with Crippen molar-refractivity contribution in [3.8, 4) is 11.1 Å². The fraction of sp³-hybridized carbons (Fsp3) is 0.143. The van der Waals surface area contributed by atoms with Crippen molar-refractivity contribution in [2.75, 3.05) is 0 Å². The maximum atomic E-state index is 4.58. The Balaban J connectivity index is 2.13. The lowest BCUT2D eigenvalue weighted by Gasteiger charge is -2.12. The molecule has 0 spiro atoms. The van der Waals surface area contributed by atoms with Crippen molar-refractivity contribution in [1.29, 1.82) is 0 Å². The number of benzene rings is 3. The van der Waals surface area contributed by atoms with Crippen LogP contribution < -0.4 is 0 Å². The van der Waals surface area contributed by atoms with Gasteiger partial charge in [-0.3, -0.25) is 0 Å². The molecule has 0 aliphatic heterocycles. The van der Waals surface area contributed by atoms with Crippen LogP contribution in [0.25, 0.3) is 32.9 Å². The average Bonchev–Trinajstić information content (AvgIpc) is 2.91. The molecule has 0 saturated heterocycles. The summed E-state index contributed by atoms with van der Waals surface area (Å²) in [4.78, 5) is 0. The minimum atomic E-state index is 0.683. The summed E-state index contributed by atoms with van der Waals surface area (Å²) >= 11 is 4.58. The first-order chi connectivity index (χ1) is 11.2. The fourth-order valence-corrected chi connectivity index (χ4v) is 3.93. The van der Waals surface area contributed by atoms with Crippen LogP contribution in [-0.4, -0.2) is 4.57 Å². The van der Waals surface area contributed by atoms with E-state index < -0.39 is 0 Å². The highest BCUT2D eigenvalue weighted by atomic mass is 32.1. The minimum Gasteiger partial charge on any atom is -0.331 e. The summed E-state index contributed by atoms with van der Waals surface area (Å²) in [5, 5.41) is 2.61. The molecule has 0 radical (unpaired) electrons. The maximum absolute atomic E-state index is 4.58. The Morgan fingerprint density at radius 2 is 1.52 bits per heavy atom. The molecule has 0 N–H and O–H groups in total. The summed E-state index contributed by atoms with van der Waals surface area (Å²) in [7, 11) is 0. The minimum absolute atomic E-state index is 0.683. The molecule has 1 aromatic heterocycles. The number of para-hydroxylation sites is 1.